The highest BCUT2D eigenvalue weighted by Gasteiger charge is 1.91. The summed E-state index contributed by atoms with van der Waals surface area (Å²) in [5.74, 6) is 0.867. The highest BCUT2D eigenvalue weighted by atomic mass is 14.9. The van der Waals surface area contributed by atoms with E-state index in [9.17, 15) is 0 Å². The minimum Gasteiger partial charge on any atom is -0.242 e. The van der Waals surface area contributed by atoms with Crippen LogP contribution in [0.5, 0.6) is 0 Å². The van der Waals surface area contributed by atoms with Crippen LogP contribution in [0, 0.1) is 6.92 Å². The van der Waals surface area contributed by atoms with E-state index in [-0.39, 0.29) is 0 Å². The molecule has 0 aliphatic heterocycles. The minimum atomic E-state index is 0.867. The summed E-state index contributed by atoms with van der Waals surface area (Å²) < 4.78 is 0. The zero-order valence-electron chi connectivity index (χ0n) is 6.46. The maximum Gasteiger partial charge on any atom is 0.125 e. The summed E-state index contributed by atoms with van der Waals surface area (Å²) in [6, 6.07) is 1.97. The number of hydrogen-bond donors (Lipinski definition) is 0. The maximum atomic E-state index is 4.25. The molecule has 1 rings (SSSR count). The Labute approximate surface area is 61.3 Å². The molecule has 0 saturated heterocycles. The Morgan fingerprint density at radius 2 is 2.30 bits per heavy atom. The molecule has 0 saturated carbocycles. The van der Waals surface area contributed by atoms with Crippen molar-refractivity contribution in [2.45, 2.75) is 26.7 Å². The fourth-order valence-electron chi connectivity index (χ4n) is 0.901. The smallest absolute Gasteiger partial charge is 0.125 e. The van der Waals surface area contributed by atoms with Crippen molar-refractivity contribution < 1.29 is 0 Å². The van der Waals surface area contributed by atoms with E-state index >= 15 is 0 Å². The predicted octanol–water partition coefficient (Wildman–Crippen LogP) is 1.74. The van der Waals surface area contributed by atoms with E-state index in [1.807, 2.05) is 19.2 Å². The third-order valence-corrected chi connectivity index (χ3v) is 1.34. The summed E-state index contributed by atoms with van der Waals surface area (Å²) >= 11 is 0. The van der Waals surface area contributed by atoms with Crippen LogP contribution in [-0.2, 0) is 6.42 Å². The number of nitrogens with zero attached hydrogens (tertiary/aromatic N) is 2. The Morgan fingerprint density at radius 1 is 1.50 bits per heavy atom. The highest BCUT2D eigenvalue weighted by Crippen LogP contribution is 1.97. The molecule has 1 heterocycles. The molecule has 1 aromatic rings. The van der Waals surface area contributed by atoms with E-state index in [1.165, 1.54) is 0 Å². The van der Waals surface area contributed by atoms with E-state index in [1.54, 1.807) is 0 Å². The highest BCUT2D eigenvalue weighted by molar-refractivity contribution is 5.01. The molecule has 0 fully saturated rings. The van der Waals surface area contributed by atoms with Crippen molar-refractivity contribution >= 4 is 0 Å². The molecule has 0 aliphatic rings. The van der Waals surface area contributed by atoms with Gasteiger partial charge in [-0.1, -0.05) is 13.3 Å². The van der Waals surface area contributed by atoms with Gasteiger partial charge in [0.1, 0.15) is 5.82 Å². The molecule has 1 aromatic heterocycles. The Kier molecular flexibility index (Phi) is 2.37. The van der Waals surface area contributed by atoms with E-state index in [2.05, 4.69) is 16.9 Å². The number of rotatable bonds is 2. The third kappa shape index (κ3) is 1.79. The molecule has 0 aliphatic carbocycles. The lowest BCUT2D eigenvalue weighted by Gasteiger charge is -1.96. The molecular formula is C8H12N2. The van der Waals surface area contributed by atoms with Crippen molar-refractivity contribution in [2.75, 3.05) is 0 Å². The van der Waals surface area contributed by atoms with Crippen LogP contribution in [-0.4, -0.2) is 9.97 Å². The molecule has 2 heteroatoms. The molecule has 0 bridgehead atoms. The topological polar surface area (TPSA) is 25.8 Å². The van der Waals surface area contributed by atoms with Crippen LogP contribution in [0.4, 0.5) is 0 Å². The normalized spacial score (nSPS) is 9.80. The molecule has 54 valence electrons. The summed E-state index contributed by atoms with van der Waals surface area (Å²) in [7, 11) is 0. The van der Waals surface area contributed by atoms with Gasteiger partial charge in [0.15, 0.2) is 0 Å². The molecule has 0 aromatic carbocycles. The van der Waals surface area contributed by atoms with Gasteiger partial charge in [-0.2, -0.15) is 0 Å². The zero-order chi connectivity index (χ0) is 7.40. The van der Waals surface area contributed by atoms with Crippen LogP contribution < -0.4 is 0 Å². The van der Waals surface area contributed by atoms with Gasteiger partial charge in [0.25, 0.3) is 0 Å². The van der Waals surface area contributed by atoms with Gasteiger partial charge in [-0.25, -0.2) is 9.97 Å². The summed E-state index contributed by atoms with van der Waals surface area (Å²) in [6.45, 7) is 4.07. The SMILES string of the molecule is CCCc1ccnc(C)n1. The maximum absolute atomic E-state index is 4.25. The fraction of sp³-hybridized carbons (Fsp3) is 0.500. The Bertz CT molecular complexity index is 208. The fourth-order valence-corrected chi connectivity index (χ4v) is 0.901. The van der Waals surface area contributed by atoms with Gasteiger partial charge in [-0.15, -0.1) is 0 Å². The number of aryl methyl sites for hydroxylation is 2. The number of hydrogen-bond acceptors (Lipinski definition) is 2. The molecule has 0 atom stereocenters. The van der Waals surface area contributed by atoms with E-state index in [0.29, 0.717) is 0 Å². The first-order chi connectivity index (χ1) is 4.83. The first-order valence-electron chi connectivity index (χ1n) is 3.61. The van der Waals surface area contributed by atoms with Crippen molar-refractivity contribution in [1.29, 1.82) is 0 Å². The van der Waals surface area contributed by atoms with Gasteiger partial charge in [-0.3, -0.25) is 0 Å². The average molecular weight is 136 g/mol. The van der Waals surface area contributed by atoms with Crippen LogP contribution in [0.25, 0.3) is 0 Å². The van der Waals surface area contributed by atoms with Crippen LogP contribution in [0.1, 0.15) is 24.9 Å². The van der Waals surface area contributed by atoms with Crippen molar-refractivity contribution in [3.63, 3.8) is 0 Å². The summed E-state index contributed by atoms with van der Waals surface area (Å²) in [4.78, 5) is 8.26. The molecule has 0 spiro atoms. The van der Waals surface area contributed by atoms with Crippen LogP contribution in [0.2, 0.25) is 0 Å². The quantitative estimate of drug-likeness (QED) is 0.618. The average Bonchev–Trinajstić information content (AvgIpc) is 1.88. The Balaban J connectivity index is 2.75. The molecule has 10 heavy (non-hydrogen) atoms. The monoisotopic (exact) mass is 136 g/mol. The predicted molar refractivity (Wildman–Crippen MR) is 40.8 cm³/mol. The molecule has 0 unspecified atom stereocenters. The molecular weight excluding hydrogens is 124 g/mol. The van der Waals surface area contributed by atoms with Crippen molar-refractivity contribution in [3.8, 4) is 0 Å². The van der Waals surface area contributed by atoms with E-state index in [0.717, 1.165) is 24.4 Å². The molecule has 0 N–H and O–H groups in total. The van der Waals surface area contributed by atoms with Crippen LogP contribution in [0.3, 0.4) is 0 Å². The molecule has 2 nitrogen and oxygen atoms in total. The first kappa shape index (κ1) is 7.19. The van der Waals surface area contributed by atoms with Gasteiger partial charge < -0.3 is 0 Å². The molecule has 0 radical (unpaired) electrons. The Hall–Kier alpha value is -0.920. The lowest BCUT2D eigenvalue weighted by atomic mass is 10.2. The summed E-state index contributed by atoms with van der Waals surface area (Å²) in [5, 5.41) is 0. The van der Waals surface area contributed by atoms with Crippen molar-refractivity contribution in [2.24, 2.45) is 0 Å². The second kappa shape index (κ2) is 3.30. The summed E-state index contributed by atoms with van der Waals surface area (Å²) in [6.07, 6.45) is 4.02. The standard InChI is InChI=1S/C8H12N2/c1-3-4-8-5-6-9-7(2)10-8/h5-6H,3-4H2,1-2H3. The van der Waals surface area contributed by atoms with Crippen LogP contribution >= 0.6 is 0 Å². The second-order valence-electron chi connectivity index (χ2n) is 2.35. The van der Waals surface area contributed by atoms with E-state index in [4.69, 9.17) is 0 Å². The van der Waals surface area contributed by atoms with Gasteiger partial charge >= 0.3 is 0 Å². The van der Waals surface area contributed by atoms with Crippen molar-refractivity contribution in [1.82, 2.24) is 9.97 Å². The van der Waals surface area contributed by atoms with Crippen molar-refractivity contribution in [3.05, 3.63) is 23.8 Å². The zero-order valence-corrected chi connectivity index (χ0v) is 6.46. The third-order valence-electron chi connectivity index (χ3n) is 1.34. The largest absolute Gasteiger partial charge is 0.242 e. The van der Waals surface area contributed by atoms with Gasteiger partial charge in [0.05, 0.1) is 0 Å². The van der Waals surface area contributed by atoms with Gasteiger partial charge in [0.2, 0.25) is 0 Å². The Morgan fingerprint density at radius 3 is 2.90 bits per heavy atom. The lowest BCUT2D eigenvalue weighted by molar-refractivity contribution is 0.856. The first-order valence-corrected chi connectivity index (χ1v) is 3.61. The van der Waals surface area contributed by atoms with Crippen LogP contribution in [0.15, 0.2) is 12.3 Å². The van der Waals surface area contributed by atoms with E-state index < -0.39 is 0 Å². The number of aromatic nitrogens is 2. The lowest BCUT2D eigenvalue weighted by Crippen LogP contribution is -1.92. The second-order valence-corrected chi connectivity index (χ2v) is 2.35. The molecule has 0 amide bonds. The van der Waals surface area contributed by atoms with Gasteiger partial charge in [0, 0.05) is 11.9 Å². The summed E-state index contributed by atoms with van der Waals surface area (Å²) in [5.41, 5.74) is 1.15. The minimum absolute atomic E-state index is 0.867. The van der Waals surface area contributed by atoms with Gasteiger partial charge in [-0.05, 0) is 19.4 Å².